The summed E-state index contributed by atoms with van der Waals surface area (Å²) in [5, 5.41) is 31.1. The Balaban J connectivity index is 1.77. The molecule has 0 aromatic heterocycles. The Morgan fingerprint density at radius 3 is 2.70 bits per heavy atom. The average molecular weight is 320 g/mol. The van der Waals surface area contributed by atoms with E-state index in [0.717, 1.165) is 37.7 Å². The van der Waals surface area contributed by atoms with Crippen LogP contribution in [0.5, 0.6) is 0 Å². The number of aliphatic hydroxyl groups is 3. The van der Waals surface area contributed by atoms with E-state index in [-0.39, 0.29) is 41.3 Å². The molecule has 4 heteroatoms. The Hall–Kier alpha value is -0.710. The van der Waals surface area contributed by atoms with Gasteiger partial charge in [-0.05, 0) is 56.3 Å². The second kappa shape index (κ2) is 5.14. The molecule has 0 bridgehead atoms. The maximum atomic E-state index is 12.4. The van der Waals surface area contributed by atoms with Gasteiger partial charge in [0.2, 0.25) is 0 Å². The van der Waals surface area contributed by atoms with Gasteiger partial charge in [0, 0.05) is 17.3 Å². The van der Waals surface area contributed by atoms with Gasteiger partial charge in [-0.15, -0.1) is 0 Å². The number of carbonyl (C=O) groups excluding carboxylic acids is 1. The molecule has 3 N–H and O–H groups in total. The van der Waals surface area contributed by atoms with Crippen molar-refractivity contribution in [1.29, 1.82) is 0 Å². The van der Waals surface area contributed by atoms with E-state index in [2.05, 4.69) is 6.92 Å². The van der Waals surface area contributed by atoms with Crippen molar-refractivity contribution in [1.82, 2.24) is 0 Å². The van der Waals surface area contributed by atoms with E-state index < -0.39 is 6.10 Å². The summed E-state index contributed by atoms with van der Waals surface area (Å²) in [6.07, 6.45) is 6.38. The molecule has 4 rings (SSSR count). The van der Waals surface area contributed by atoms with Crippen molar-refractivity contribution in [3.8, 4) is 0 Å². The van der Waals surface area contributed by atoms with E-state index in [1.54, 1.807) is 0 Å². The van der Waals surface area contributed by atoms with Crippen LogP contribution in [0.1, 0.15) is 51.9 Å². The van der Waals surface area contributed by atoms with Crippen LogP contribution in [0.4, 0.5) is 0 Å². The molecule has 23 heavy (non-hydrogen) atoms. The lowest BCUT2D eigenvalue weighted by Crippen LogP contribution is -2.56. The Bertz CT molecular complexity index is 556. The summed E-state index contributed by atoms with van der Waals surface area (Å²) < 4.78 is 0. The van der Waals surface area contributed by atoms with E-state index in [4.69, 9.17) is 0 Å². The first kappa shape index (κ1) is 15.8. The summed E-state index contributed by atoms with van der Waals surface area (Å²) in [5.74, 6) is 0.905. The highest BCUT2D eigenvalue weighted by Crippen LogP contribution is 2.63. The first-order valence-electron chi connectivity index (χ1n) is 9.14. The van der Waals surface area contributed by atoms with Gasteiger partial charge in [0.15, 0.2) is 0 Å². The van der Waals surface area contributed by atoms with E-state index >= 15 is 0 Å². The molecule has 0 aromatic carbocycles. The van der Waals surface area contributed by atoms with Gasteiger partial charge in [0.1, 0.15) is 5.78 Å². The van der Waals surface area contributed by atoms with Crippen molar-refractivity contribution in [2.24, 2.45) is 28.6 Å². The molecule has 4 aliphatic carbocycles. The standard InChI is InChI=1S/C19H28O4/c1-18-6-5-14-17(13(18)2-3-16(18)23)15(22)9-11-8-12(21)4-7-19(11,14)10-20/h9,12-15,17,20-22H,2-8,10H2,1H3/t12-,13-,14-,15+,17-,18-,19+/m0/s1. The van der Waals surface area contributed by atoms with Crippen LogP contribution in [0.15, 0.2) is 11.6 Å². The van der Waals surface area contributed by atoms with Crippen LogP contribution in [-0.2, 0) is 4.79 Å². The number of aliphatic hydroxyl groups excluding tert-OH is 3. The van der Waals surface area contributed by atoms with Gasteiger partial charge in [0.05, 0.1) is 18.8 Å². The molecule has 0 radical (unpaired) electrons. The smallest absolute Gasteiger partial charge is 0.139 e. The summed E-state index contributed by atoms with van der Waals surface area (Å²) in [6.45, 7) is 2.18. The second-order valence-corrected chi connectivity index (χ2v) is 8.60. The van der Waals surface area contributed by atoms with Gasteiger partial charge >= 0.3 is 0 Å². The maximum absolute atomic E-state index is 12.4. The van der Waals surface area contributed by atoms with Crippen molar-refractivity contribution in [2.75, 3.05) is 6.61 Å². The molecule has 3 saturated carbocycles. The number of hydrogen-bond acceptors (Lipinski definition) is 4. The monoisotopic (exact) mass is 320 g/mol. The van der Waals surface area contributed by atoms with Gasteiger partial charge in [-0.1, -0.05) is 18.6 Å². The Morgan fingerprint density at radius 2 is 1.96 bits per heavy atom. The molecule has 4 aliphatic rings. The first-order chi connectivity index (χ1) is 10.9. The van der Waals surface area contributed by atoms with E-state index in [9.17, 15) is 20.1 Å². The van der Waals surface area contributed by atoms with Crippen LogP contribution in [0, 0.1) is 28.6 Å². The molecule has 0 aliphatic heterocycles. The van der Waals surface area contributed by atoms with Crippen molar-refractivity contribution in [3.63, 3.8) is 0 Å². The zero-order valence-electron chi connectivity index (χ0n) is 13.9. The predicted molar refractivity (Wildman–Crippen MR) is 85.5 cm³/mol. The molecule has 4 nitrogen and oxygen atoms in total. The van der Waals surface area contributed by atoms with Crippen molar-refractivity contribution in [2.45, 2.75) is 64.1 Å². The summed E-state index contributed by atoms with van der Waals surface area (Å²) in [5.41, 5.74) is 0.495. The summed E-state index contributed by atoms with van der Waals surface area (Å²) in [6, 6.07) is 0. The van der Waals surface area contributed by atoms with Gasteiger partial charge in [-0.25, -0.2) is 0 Å². The third-order valence-electron chi connectivity index (χ3n) is 7.82. The van der Waals surface area contributed by atoms with Crippen molar-refractivity contribution in [3.05, 3.63) is 11.6 Å². The Kier molecular flexibility index (Phi) is 3.53. The zero-order valence-corrected chi connectivity index (χ0v) is 13.9. The SMILES string of the molecule is C[C@]12CC[C@H]3[C@@H]([C@H](O)C=C4C[C@@H](O)CC[C@@]43CO)[C@@H]1CCC2=O. The minimum absolute atomic E-state index is 0.0753. The number of carbonyl (C=O) groups is 1. The average Bonchev–Trinajstić information content (AvgIpc) is 2.83. The van der Waals surface area contributed by atoms with Gasteiger partial charge in [-0.3, -0.25) is 4.79 Å². The molecule has 7 atom stereocenters. The molecule has 0 unspecified atom stereocenters. The van der Waals surface area contributed by atoms with Crippen LogP contribution in [0.3, 0.4) is 0 Å². The molecule has 0 heterocycles. The molecule has 0 spiro atoms. The Labute approximate surface area is 137 Å². The quantitative estimate of drug-likeness (QED) is 0.644. The predicted octanol–water partition coefficient (Wildman–Crippen LogP) is 1.82. The lowest BCUT2D eigenvalue weighted by atomic mass is 9.47. The third kappa shape index (κ3) is 1.98. The van der Waals surface area contributed by atoms with Crippen molar-refractivity contribution >= 4 is 5.78 Å². The summed E-state index contributed by atoms with van der Waals surface area (Å²) in [4.78, 5) is 12.4. The molecular weight excluding hydrogens is 292 g/mol. The zero-order chi connectivity index (χ0) is 16.4. The summed E-state index contributed by atoms with van der Waals surface area (Å²) >= 11 is 0. The fourth-order valence-electron chi connectivity index (χ4n) is 6.50. The number of fused-ring (bicyclic) bond motifs is 5. The highest BCUT2D eigenvalue weighted by molar-refractivity contribution is 5.87. The molecule has 128 valence electrons. The van der Waals surface area contributed by atoms with Crippen LogP contribution in [0.25, 0.3) is 0 Å². The minimum atomic E-state index is -0.546. The lowest BCUT2D eigenvalue weighted by Gasteiger charge is -2.58. The van der Waals surface area contributed by atoms with Gasteiger partial charge < -0.3 is 15.3 Å². The van der Waals surface area contributed by atoms with Crippen molar-refractivity contribution < 1.29 is 20.1 Å². The lowest BCUT2D eigenvalue weighted by molar-refractivity contribution is -0.138. The van der Waals surface area contributed by atoms with E-state index in [0.29, 0.717) is 18.6 Å². The number of rotatable bonds is 1. The first-order valence-corrected chi connectivity index (χ1v) is 9.14. The van der Waals surface area contributed by atoms with Crippen LogP contribution < -0.4 is 0 Å². The number of Topliss-reactive ketones (excluding diaryl/α,β-unsaturated/α-hetero) is 1. The fraction of sp³-hybridized carbons (Fsp3) is 0.842. The number of hydrogen-bond donors (Lipinski definition) is 3. The minimum Gasteiger partial charge on any atom is -0.395 e. The molecule has 0 saturated heterocycles. The summed E-state index contributed by atoms with van der Waals surface area (Å²) in [7, 11) is 0. The third-order valence-corrected chi connectivity index (χ3v) is 7.82. The largest absolute Gasteiger partial charge is 0.395 e. The normalized spacial score (nSPS) is 52.4. The molecule has 0 amide bonds. The second-order valence-electron chi connectivity index (χ2n) is 8.60. The fourth-order valence-corrected chi connectivity index (χ4v) is 6.50. The molecule has 0 aromatic rings. The Morgan fingerprint density at radius 1 is 1.17 bits per heavy atom. The highest BCUT2D eigenvalue weighted by Gasteiger charge is 2.61. The highest BCUT2D eigenvalue weighted by atomic mass is 16.3. The van der Waals surface area contributed by atoms with Crippen LogP contribution in [0.2, 0.25) is 0 Å². The van der Waals surface area contributed by atoms with Gasteiger partial charge in [0.25, 0.3) is 0 Å². The van der Waals surface area contributed by atoms with Crippen LogP contribution in [-0.4, -0.2) is 39.9 Å². The van der Waals surface area contributed by atoms with E-state index in [1.165, 1.54) is 0 Å². The molecular formula is C19H28O4. The number of ketones is 1. The van der Waals surface area contributed by atoms with Gasteiger partial charge in [-0.2, -0.15) is 0 Å². The maximum Gasteiger partial charge on any atom is 0.139 e. The topological polar surface area (TPSA) is 77.8 Å². The molecule has 3 fully saturated rings. The van der Waals surface area contributed by atoms with Crippen LogP contribution >= 0.6 is 0 Å². The van der Waals surface area contributed by atoms with E-state index in [1.807, 2.05) is 6.08 Å².